The van der Waals surface area contributed by atoms with Crippen LogP contribution in [0.3, 0.4) is 0 Å². The number of hydrogen-bond acceptors (Lipinski definition) is 7. The van der Waals surface area contributed by atoms with Crippen LogP contribution >= 0.6 is 0 Å². The van der Waals surface area contributed by atoms with Gasteiger partial charge in [0.05, 0.1) is 18.0 Å². The Morgan fingerprint density at radius 1 is 1.06 bits per heavy atom. The third-order valence-electron chi connectivity index (χ3n) is 5.06. The number of nitrogens with one attached hydrogen (secondary N) is 2. The largest absolute Gasteiger partial charge is 0.383 e. The van der Waals surface area contributed by atoms with Crippen LogP contribution in [0.1, 0.15) is 5.56 Å². The number of nitrogen functional groups attached to an aromatic ring is 1. The molecule has 0 aliphatic carbocycles. The normalized spacial score (nSPS) is 11.4. The Balaban J connectivity index is 1.81. The summed E-state index contributed by atoms with van der Waals surface area (Å²) in [7, 11) is 0.644. The van der Waals surface area contributed by atoms with Crippen LogP contribution in [-0.2, 0) is 21.4 Å². The molecule has 4 N–H and O–H groups in total. The minimum atomic E-state index is -3.67. The zero-order chi connectivity index (χ0) is 25.0. The lowest BCUT2D eigenvalue weighted by molar-refractivity contribution is -0.114. The Bertz CT molecular complexity index is 1410. The van der Waals surface area contributed by atoms with Gasteiger partial charge in [-0.15, -0.1) is 0 Å². The van der Waals surface area contributed by atoms with Crippen LogP contribution in [0, 0.1) is 0 Å². The molecule has 34 heavy (non-hydrogen) atoms. The van der Waals surface area contributed by atoms with Crippen LogP contribution in [-0.4, -0.2) is 55.9 Å². The molecule has 0 saturated heterocycles. The molecule has 0 aliphatic heterocycles. The lowest BCUT2D eigenvalue weighted by atomic mass is 10.2. The molecule has 1 amide bonds. The third-order valence-corrected chi connectivity index (χ3v) is 6.87. The zero-order valence-electron chi connectivity index (χ0n) is 19.0. The fourth-order valence-corrected chi connectivity index (χ4v) is 4.26. The van der Waals surface area contributed by atoms with Crippen molar-refractivity contribution >= 4 is 33.1 Å². The number of nitrogens with two attached hydrogens (primary N) is 1. The van der Waals surface area contributed by atoms with Crippen molar-refractivity contribution in [3.05, 3.63) is 81.0 Å². The summed E-state index contributed by atoms with van der Waals surface area (Å²) in [5, 5.41) is 2.61. The van der Waals surface area contributed by atoms with Gasteiger partial charge in [0.15, 0.2) is 0 Å². The average Bonchev–Trinajstić information content (AvgIpc) is 2.77. The van der Waals surface area contributed by atoms with Crippen molar-refractivity contribution in [3.8, 4) is 0 Å². The molecule has 0 radical (unpaired) electrons. The molecule has 0 bridgehead atoms. The van der Waals surface area contributed by atoms with Crippen LogP contribution in [0.2, 0.25) is 0 Å². The molecule has 11 nitrogen and oxygen atoms in total. The quantitative estimate of drug-likeness (QED) is 0.419. The van der Waals surface area contributed by atoms with Crippen molar-refractivity contribution in [3.63, 3.8) is 0 Å². The Kier molecular flexibility index (Phi) is 7.23. The number of benzene rings is 2. The maximum Gasteiger partial charge on any atom is 0.330 e. The van der Waals surface area contributed by atoms with E-state index in [9.17, 15) is 22.8 Å². The monoisotopic (exact) mass is 486 g/mol. The number of anilines is 3. The molecule has 3 aromatic rings. The summed E-state index contributed by atoms with van der Waals surface area (Å²) in [6, 6.07) is 14.9. The summed E-state index contributed by atoms with van der Waals surface area (Å²) in [5.74, 6) is -0.589. The van der Waals surface area contributed by atoms with Gasteiger partial charge < -0.3 is 16.0 Å². The minimum absolute atomic E-state index is 0.0253. The van der Waals surface area contributed by atoms with E-state index in [-0.39, 0.29) is 35.2 Å². The van der Waals surface area contributed by atoms with Gasteiger partial charge in [-0.3, -0.25) is 19.1 Å². The van der Waals surface area contributed by atoms with Gasteiger partial charge in [0, 0.05) is 26.8 Å². The molecule has 1 aromatic heterocycles. The van der Waals surface area contributed by atoms with E-state index >= 15 is 0 Å². The number of hydrogen-bond donors (Lipinski definition) is 3. The molecule has 12 heteroatoms. The maximum absolute atomic E-state index is 12.6. The predicted molar refractivity (Wildman–Crippen MR) is 130 cm³/mol. The highest BCUT2D eigenvalue weighted by molar-refractivity contribution is 7.89. The van der Waals surface area contributed by atoms with E-state index in [1.165, 1.54) is 48.8 Å². The van der Waals surface area contributed by atoms with Gasteiger partial charge >= 0.3 is 5.69 Å². The second-order valence-electron chi connectivity index (χ2n) is 7.78. The summed E-state index contributed by atoms with van der Waals surface area (Å²) < 4.78 is 26.9. The van der Waals surface area contributed by atoms with Gasteiger partial charge in [-0.1, -0.05) is 36.4 Å². The summed E-state index contributed by atoms with van der Waals surface area (Å²) in [6.07, 6.45) is 0. The van der Waals surface area contributed by atoms with Crippen LogP contribution in [0.25, 0.3) is 0 Å². The molecule has 1 heterocycles. The fourth-order valence-electron chi connectivity index (χ4n) is 3.31. The van der Waals surface area contributed by atoms with Gasteiger partial charge in [0.2, 0.25) is 15.9 Å². The number of aromatic nitrogens is 2. The third kappa shape index (κ3) is 5.35. The Morgan fingerprint density at radius 2 is 1.74 bits per heavy atom. The Morgan fingerprint density at radius 3 is 2.38 bits per heavy atom. The molecule has 0 fully saturated rings. The Hall–Kier alpha value is -3.90. The molecule has 0 spiro atoms. The van der Waals surface area contributed by atoms with E-state index in [2.05, 4.69) is 10.3 Å². The molecule has 2 aromatic carbocycles. The van der Waals surface area contributed by atoms with Gasteiger partial charge in [-0.25, -0.2) is 17.5 Å². The number of carbonyl (C=O) groups is 1. The lowest BCUT2D eigenvalue weighted by Crippen LogP contribution is -2.39. The average molecular weight is 487 g/mol. The first-order chi connectivity index (χ1) is 16.0. The zero-order valence-corrected chi connectivity index (χ0v) is 19.8. The van der Waals surface area contributed by atoms with Gasteiger partial charge in [-0.05, 0) is 23.8 Å². The van der Waals surface area contributed by atoms with E-state index in [4.69, 9.17) is 5.73 Å². The van der Waals surface area contributed by atoms with E-state index < -0.39 is 27.2 Å². The summed E-state index contributed by atoms with van der Waals surface area (Å²) in [4.78, 5) is 41.0. The number of H-pyrrole nitrogens is 1. The van der Waals surface area contributed by atoms with Crippen molar-refractivity contribution in [2.45, 2.75) is 11.4 Å². The highest BCUT2D eigenvalue weighted by atomic mass is 32.2. The van der Waals surface area contributed by atoms with Gasteiger partial charge in [0.25, 0.3) is 5.56 Å². The molecular formula is C22H26N6O5S. The van der Waals surface area contributed by atoms with Crippen molar-refractivity contribution < 1.29 is 13.2 Å². The van der Waals surface area contributed by atoms with Crippen molar-refractivity contribution in [2.75, 3.05) is 43.6 Å². The smallest absolute Gasteiger partial charge is 0.330 e. The van der Waals surface area contributed by atoms with E-state index in [1.54, 1.807) is 6.07 Å². The standard InChI is InChI=1S/C22H26N6O5S/c1-26(2)34(32,33)17-11-7-10-16(12-17)24-18(29)14-27(3)19-20(23)28(22(31)25-21(19)30)13-15-8-5-4-6-9-15/h4-12H,13-14,23H2,1-3H3,(H,24,29)(H,25,30,31). The van der Waals surface area contributed by atoms with Gasteiger partial charge in [-0.2, -0.15) is 0 Å². The van der Waals surface area contributed by atoms with Crippen LogP contribution in [0.5, 0.6) is 0 Å². The van der Waals surface area contributed by atoms with Crippen LogP contribution < -0.4 is 27.2 Å². The number of likely N-dealkylation sites (N-methyl/N-ethyl adjacent to an activating group) is 1. The second kappa shape index (κ2) is 9.93. The van der Waals surface area contributed by atoms with E-state index in [0.717, 1.165) is 9.87 Å². The topological polar surface area (TPSA) is 151 Å². The lowest BCUT2D eigenvalue weighted by Gasteiger charge is -2.21. The van der Waals surface area contributed by atoms with E-state index in [0.29, 0.717) is 0 Å². The fraction of sp³-hybridized carbons (Fsp3) is 0.227. The van der Waals surface area contributed by atoms with Crippen molar-refractivity contribution in [2.24, 2.45) is 0 Å². The first kappa shape index (κ1) is 24.7. The highest BCUT2D eigenvalue weighted by Gasteiger charge is 2.20. The second-order valence-corrected chi connectivity index (χ2v) is 9.94. The molecule has 0 aliphatic rings. The first-order valence-corrected chi connectivity index (χ1v) is 11.6. The van der Waals surface area contributed by atoms with E-state index in [1.807, 2.05) is 30.3 Å². The number of aromatic amines is 1. The van der Waals surface area contributed by atoms with Gasteiger partial charge in [0.1, 0.15) is 11.5 Å². The molecule has 0 unspecified atom stereocenters. The molecule has 180 valence electrons. The van der Waals surface area contributed by atoms with Crippen molar-refractivity contribution in [1.82, 2.24) is 13.9 Å². The van der Waals surface area contributed by atoms with Crippen LogP contribution in [0.4, 0.5) is 17.2 Å². The highest BCUT2D eigenvalue weighted by Crippen LogP contribution is 2.19. The number of amides is 1. The summed E-state index contributed by atoms with van der Waals surface area (Å²) in [6.45, 7) is -0.135. The van der Waals surface area contributed by atoms with Crippen molar-refractivity contribution in [1.29, 1.82) is 0 Å². The first-order valence-electron chi connectivity index (χ1n) is 10.2. The number of rotatable bonds is 8. The SMILES string of the molecule is CN(CC(=O)Nc1cccc(S(=O)(=O)N(C)C)c1)c1c(N)n(Cc2ccccc2)c(=O)[nH]c1=O. The molecule has 0 atom stereocenters. The summed E-state index contributed by atoms with van der Waals surface area (Å²) in [5.41, 5.74) is 5.83. The Labute approximate surface area is 196 Å². The predicted octanol–water partition coefficient (Wildman–Crippen LogP) is 0.492. The number of sulfonamides is 1. The number of nitrogens with zero attached hydrogens (tertiary/aromatic N) is 3. The molecular weight excluding hydrogens is 460 g/mol. The number of carbonyl (C=O) groups excluding carboxylic acids is 1. The molecule has 3 rings (SSSR count). The maximum atomic E-state index is 12.6. The minimum Gasteiger partial charge on any atom is -0.383 e. The summed E-state index contributed by atoms with van der Waals surface area (Å²) >= 11 is 0. The van der Waals surface area contributed by atoms with Crippen LogP contribution in [0.15, 0.2) is 69.1 Å². The molecule has 0 saturated carbocycles.